The van der Waals surface area contributed by atoms with Crippen molar-refractivity contribution in [2.45, 2.75) is 0 Å². The third kappa shape index (κ3) is 5.85. The van der Waals surface area contributed by atoms with Crippen molar-refractivity contribution in [1.82, 2.24) is 4.57 Å². The molecule has 0 spiro atoms. The third-order valence-electron chi connectivity index (χ3n) is 10.8. The van der Waals surface area contributed by atoms with Crippen LogP contribution in [0.25, 0.3) is 72.0 Å². The molecule has 0 N–H and O–H groups in total. The smallest absolute Gasteiger partial charge is 0.0562 e. The van der Waals surface area contributed by atoms with E-state index in [4.69, 9.17) is 0 Å². The number of hydrogen-bond acceptors (Lipinski definition) is 1. The summed E-state index contributed by atoms with van der Waals surface area (Å²) in [4.78, 5) is 2.49. The Balaban J connectivity index is 1.31. The van der Waals surface area contributed by atoms with E-state index in [0.717, 1.165) is 33.8 Å². The average Bonchev–Trinajstić information content (AvgIpc) is 3.63. The van der Waals surface area contributed by atoms with Gasteiger partial charge in [0.2, 0.25) is 0 Å². The molecule has 0 saturated heterocycles. The van der Waals surface area contributed by atoms with Gasteiger partial charge in [-0.05, 0) is 64.2 Å². The molecule has 0 amide bonds. The Morgan fingerprint density at radius 1 is 0.286 bits per heavy atom. The van der Waals surface area contributed by atoms with Crippen molar-refractivity contribution in [2.75, 3.05) is 4.90 Å². The zero-order valence-corrected chi connectivity index (χ0v) is 30.8. The van der Waals surface area contributed by atoms with Crippen LogP contribution in [0.15, 0.2) is 231 Å². The van der Waals surface area contributed by atoms with Crippen molar-refractivity contribution < 1.29 is 0 Å². The topological polar surface area (TPSA) is 8.17 Å². The highest BCUT2D eigenvalue weighted by Gasteiger charge is 2.25. The highest BCUT2D eigenvalue weighted by atomic mass is 15.2. The lowest BCUT2D eigenvalue weighted by atomic mass is 9.97. The lowest BCUT2D eigenvalue weighted by Crippen LogP contribution is -2.13. The van der Waals surface area contributed by atoms with Gasteiger partial charge in [-0.2, -0.15) is 0 Å². The maximum Gasteiger partial charge on any atom is 0.0562 e. The summed E-state index contributed by atoms with van der Waals surface area (Å²) in [5, 5.41) is 2.39. The third-order valence-corrected chi connectivity index (χ3v) is 10.8. The van der Waals surface area contributed by atoms with Crippen LogP contribution in [-0.2, 0) is 0 Å². The van der Waals surface area contributed by atoms with Gasteiger partial charge in [0.25, 0.3) is 0 Å². The normalized spacial score (nSPS) is 11.2. The summed E-state index contributed by atoms with van der Waals surface area (Å²) in [5.41, 5.74) is 16.2. The van der Waals surface area contributed by atoms with E-state index in [1.165, 1.54) is 55.3 Å². The molecule has 264 valence electrons. The first-order valence-corrected chi connectivity index (χ1v) is 19.2. The van der Waals surface area contributed by atoms with Gasteiger partial charge >= 0.3 is 0 Å². The molecule has 10 rings (SSSR count). The van der Waals surface area contributed by atoms with Gasteiger partial charge in [0.05, 0.1) is 33.8 Å². The van der Waals surface area contributed by atoms with E-state index >= 15 is 0 Å². The Labute approximate surface area is 327 Å². The number of anilines is 3. The molecule has 0 aliphatic rings. The molecule has 2 nitrogen and oxygen atoms in total. The highest BCUT2D eigenvalue weighted by Crippen LogP contribution is 2.49. The molecular formula is C54H38N2. The standard InChI is InChI=1S/C54H38N2/c1-5-20-39(21-6-1)43-36-37-46(42-26-11-4-12-27-42)53(38-43)56-50-33-18-15-30-47(50)54-51(34-19-35-52(54)56)55(48-31-16-13-28-44(48)40-22-7-2-8-23-40)49-32-17-14-29-45(49)41-24-9-3-10-25-41/h1-38H. The first-order chi connectivity index (χ1) is 27.8. The summed E-state index contributed by atoms with van der Waals surface area (Å²) in [6.07, 6.45) is 0. The molecule has 2 heteroatoms. The van der Waals surface area contributed by atoms with E-state index < -0.39 is 0 Å². The molecule has 56 heavy (non-hydrogen) atoms. The SMILES string of the molecule is c1ccc(-c2ccc(-c3ccccc3)c(-n3c4ccccc4c4c(N(c5ccccc5-c5ccccc5)c5ccccc5-c5ccccc5)cccc43)c2)cc1. The van der Waals surface area contributed by atoms with Gasteiger partial charge in [-0.15, -0.1) is 0 Å². The predicted molar refractivity (Wildman–Crippen MR) is 237 cm³/mol. The van der Waals surface area contributed by atoms with Gasteiger partial charge in [-0.3, -0.25) is 0 Å². The fraction of sp³-hybridized carbons (Fsp3) is 0. The number of para-hydroxylation sites is 3. The summed E-state index contributed by atoms with van der Waals surface area (Å²) in [6.45, 7) is 0. The quantitative estimate of drug-likeness (QED) is 0.152. The summed E-state index contributed by atoms with van der Waals surface area (Å²) in [5.74, 6) is 0. The van der Waals surface area contributed by atoms with Crippen molar-refractivity contribution >= 4 is 38.9 Å². The molecule has 0 unspecified atom stereocenters. The number of fused-ring (bicyclic) bond motifs is 3. The average molecular weight is 715 g/mol. The minimum absolute atomic E-state index is 1.11. The Morgan fingerprint density at radius 2 is 0.732 bits per heavy atom. The number of benzene rings is 9. The van der Waals surface area contributed by atoms with Crippen LogP contribution in [0.5, 0.6) is 0 Å². The lowest BCUT2D eigenvalue weighted by Gasteiger charge is -2.30. The maximum atomic E-state index is 2.49. The summed E-state index contributed by atoms with van der Waals surface area (Å²) < 4.78 is 2.48. The van der Waals surface area contributed by atoms with E-state index in [1.807, 2.05) is 0 Å². The molecular weight excluding hydrogens is 677 g/mol. The second kappa shape index (κ2) is 14.4. The van der Waals surface area contributed by atoms with E-state index in [-0.39, 0.29) is 0 Å². The molecule has 0 bridgehead atoms. The lowest BCUT2D eigenvalue weighted by molar-refractivity contribution is 1.18. The van der Waals surface area contributed by atoms with Crippen LogP contribution in [0.4, 0.5) is 17.1 Å². The number of nitrogens with zero attached hydrogens (tertiary/aromatic N) is 2. The molecule has 0 aliphatic heterocycles. The van der Waals surface area contributed by atoms with Crippen molar-refractivity contribution in [1.29, 1.82) is 0 Å². The Kier molecular flexibility index (Phi) is 8.55. The van der Waals surface area contributed by atoms with Gasteiger partial charge in [-0.25, -0.2) is 0 Å². The van der Waals surface area contributed by atoms with Crippen LogP contribution < -0.4 is 4.90 Å². The van der Waals surface area contributed by atoms with E-state index in [1.54, 1.807) is 0 Å². The number of hydrogen-bond donors (Lipinski definition) is 0. The molecule has 0 aliphatic carbocycles. The van der Waals surface area contributed by atoms with Crippen LogP contribution in [0, 0.1) is 0 Å². The Bertz CT molecular complexity index is 2860. The molecule has 0 saturated carbocycles. The predicted octanol–water partition coefficient (Wildman–Crippen LogP) is 14.9. The van der Waals surface area contributed by atoms with Gasteiger partial charge in [0.15, 0.2) is 0 Å². The fourth-order valence-electron chi connectivity index (χ4n) is 8.29. The highest BCUT2D eigenvalue weighted by molar-refractivity contribution is 6.17. The van der Waals surface area contributed by atoms with Crippen LogP contribution in [0.1, 0.15) is 0 Å². The van der Waals surface area contributed by atoms with Crippen LogP contribution in [0.3, 0.4) is 0 Å². The van der Waals surface area contributed by atoms with Crippen molar-refractivity contribution in [3.63, 3.8) is 0 Å². The second-order valence-corrected chi connectivity index (χ2v) is 14.1. The molecule has 10 aromatic rings. The molecule has 1 heterocycles. The molecule has 1 aromatic heterocycles. The molecule has 9 aromatic carbocycles. The zero-order valence-electron chi connectivity index (χ0n) is 30.8. The first kappa shape index (κ1) is 33.2. The largest absolute Gasteiger partial charge is 0.309 e. The van der Waals surface area contributed by atoms with Crippen LogP contribution in [0.2, 0.25) is 0 Å². The van der Waals surface area contributed by atoms with Gasteiger partial charge in [0.1, 0.15) is 0 Å². The molecule has 0 radical (unpaired) electrons. The van der Waals surface area contributed by atoms with Gasteiger partial charge in [-0.1, -0.05) is 194 Å². The van der Waals surface area contributed by atoms with E-state index in [9.17, 15) is 0 Å². The summed E-state index contributed by atoms with van der Waals surface area (Å²) in [6, 6.07) is 83.1. The number of rotatable bonds is 8. The number of aromatic nitrogens is 1. The summed E-state index contributed by atoms with van der Waals surface area (Å²) in [7, 11) is 0. The molecule has 0 fully saturated rings. The van der Waals surface area contributed by atoms with Gasteiger partial charge in [0, 0.05) is 27.5 Å². The van der Waals surface area contributed by atoms with Crippen LogP contribution in [-0.4, -0.2) is 4.57 Å². The monoisotopic (exact) mass is 714 g/mol. The zero-order chi connectivity index (χ0) is 37.3. The summed E-state index contributed by atoms with van der Waals surface area (Å²) >= 11 is 0. The van der Waals surface area contributed by atoms with Gasteiger partial charge < -0.3 is 9.47 Å². The minimum Gasteiger partial charge on any atom is -0.309 e. The van der Waals surface area contributed by atoms with E-state index in [2.05, 4.69) is 240 Å². The Hall–Kier alpha value is -7.42. The van der Waals surface area contributed by atoms with Crippen molar-refractivity contribution in [2.24, 2.45) is 0 Å². The maximum absolute atomic E-state index is 2.49. The molecule has 0 atom stereocenters. The second-order valence-electron chi connectivity index (χ2n) is 14.1. The van der Waals surface area contributed by atoms with Crippen molar-refractivity contribution in [3.8, 4) is 50.2 Å². The first-order valence-electron chi connectivity index (χ1n) is 19.2. The fourth-order valence-corrected chi connectivity index (χ4v) is 8.29. The van der Waals surface area contributed by atoms with Crippen LogP contribution >= 0.6 is 0 Å². The van der Waals surface area contributed by atoms with Crippen molar-refractivity contribution in [3.05, 3.63) is 231 Å². The van der Waals surface area contributed by atoms with E-state index in [0.29, 0.717) is 0 Å². The Morgan fingerprint density at radius 3 is 1.32 bits per heavy atom. The minimum atomic E-state index is 1.11.